The number of carbonyl (C=O) groups is 1. The van der Waals surface area contributed by atoms with Gasteiger partial charge < -0.3 is 0 Å². The van der Waals surface area contributed by atoms with E-state index in [0.717, 1.165) is 48.3 Å². The third-order valence-electron chi connectivity index (χ3n) is 5.51. The Bertz CT molecular complexity index is 983. The van der Waals surface area contributed by atoms with Crippen LogP contribution in [0.5, 0.6) is 0 Å². The fourth-order valence-electron chi connectivity index (χ4n) is 3.91. The van der Waals surface area contributed by atoms with E-state index in [2.05, 4.69) is 18.5 Å². The Morgan fingerprint density at radius 1 is 1.28 bits per heavy atom. The Morgan fingerprint density at radius 2 is 2.00 bits per heavy atom. The highest BCUT2D eigenvalue weighted by molar-refractivity contribution is 6.31. The maximum atomic E-state index is 13.3. The summed E-state index contributed by atoms with van der Waals surface area (Å²) in [6.45, 7) is 9.51. The largest absolute Gasteiger partial charge is 0.417 e. The van der Waals surface area contributed by atoms with E-state index in [-0.39, 0.29) is 10.8 Å². The first-order valence-electron chi connectivity index (χ1n) is 10.8. The molecule has 1 atom stereocenters. The van der Waals surface area contributed by atoms with Crippen molar-refractivity contribution in [3.05, 3.63) is 70.3 Å². The van der Waals surface area contributed by atoms with E-state index in [1.54, 1.807) is 31.2 Å². The molecule has 0 fully saturated rings. The molecule has 172 valence electrons. The van der Waals surface area contributed by atoms with Crippen molar-refractivity contribution in [1.29, 1.82) is 0 Å². The highest BCUT2D eigenvalue weighted by Gasteiger charge is 2.32. The Hall–Kier alpha value is -2.40. The van der Waals surface area contributed by atoms with Crippen LogP contribution in [0.1, 0.15) is 57.6 Å². The summed E-state index contributed by atoms with van der Waals surface area (Å²) in [5.74, 6) is 0.425. The lowest BCUT2D eigenvalue weighted by Crippen LogP contribution is -2.19. The molecule has 0 amide bonds. The average molecular weight is 464 g/mol. The second-order valence-electron chi connectivity index (χ2n) is 7.81. The molecule has 0 heterocycles. The van der Waals surface area contributed by atoms with Crippen LogP contribution in [0, 0.1) is 5.92 Å². The molecule has 0 radical (unpaired) electrons. The number of Topliss-reactive ketones (excluding diaryl/α,β-unsaturated/α-hetero) is 1. The maximum absolute atomic E-state index is 13.3. The number of aryl methyl sites for hydroxylation is 1. The van der Waals surface area contributed by atoms with Crippen LogP contribution in [0.15, 0.2) is 64.2 Å². The summed E-state index contributed by atoms with van der Waals surface area (Å²) in [5.41, 5.74) is 2.73. The Labute approximate surface area is 193 Å². The summed E-state index contributed by atoms with van der Waals surface area (Å²) >= 11 is 5.75. The third kappa shape index (κ3) is 6.55. The van der Waals surface area contributed by atoms with E-state index >= 15 is 0 Å². The lowest BCUT2D eigenvalue weighted by atomic mass is 9.77. The van der Waals surface area contributed by atoms with Crippen LogP contribution in [0.3, 0.4) is 0 Å². The first-order chi connectivity index (χ1) is 15.1. The van der Waals surface area contributed by atoms with Gasteiger partial charge in [-0.05, 0) is 67.0 Å². The van der Waals surface area contributed by atoms with Gasteiger partial charge in [0.1, 0.15) is 0 Å². The van der Waals surface area contributed by atoms with Gasteiger partial charge in [-0.2, -0.15) is 13.2 Å². The first-order valence-corrected chi connectivity index (χ1v) is 11.2. The third-order valence-corrected chi connectivity index (χ3v) is 5.84. The number of alkyl halides is 3. The van der Waals surface area contributed by atoms with Gasteiger partial charge in [-0.25, -0.2) is 0 Å². The summed E-state index contributed by atoms with van der Waals surface area (Å²) in [5, 5.41) is -0.0190. The molecule has 0 saturated carbocycles. The number of aliphatic imine (C=N–C) groups is 1. The predicted molar refractivity (Wildman–Crippen MR) is 127 cm³/mol. The molecular formula is C26H29ClF3NO. The number of ketones is 1. The first kappa shape index (κ1) is 25.9. The van der Waals surface area contributed by atoms with E-state index in [9.17, 15) is 18.0 Å². The summed E-state index contributed by atoms with van der Waals surface area (Å²) in [7, 11) is 0. The van der Waals surface area contributed by atoms with Gasteiger partial charge in [-0.3, -0.25) is 9.79 Å². The molecule has 0 bridgehead atoms. The highest BCUT2D eigenvalue weighted by Crippen LogP contribution is 2.38. The fourth-order valence-corrected chi connectivity index (χ4v) is 4.03. The van der Waals surface area contributed by atoms with Gasteiger partial charge in [0.05, 0.1) is 11.3 Å². The Kier molecular flexibility index (Phi) is 9.26. The zero-order chi connectivity index (χ0) is 23.9. The highest BCUT2D eigenvalue weighted by atomic mass is 35.5. The molecule has 32 heavy (non-hydrogen) atoms. The van der Waals surface area contributed by atoms with Crippen molar-refractivity contribution >= 4 is 34.9 Å². The number of nitrogens with zero attached hydrogens (tertiary/aromatic N) is 1. The molecular weight excluding hydrogens is 435 g/mol. The maximum Gasteiger partial charge on any atom is 0.417 e. The summed E-state index contributed by atoms with van der Waals surface area (Å²) in [6.07, 6.45) is 4.13. The number of hydrogen-bond donors (Lipinski definition) is 0. The molecule has 1 aromatic rings. The van der Waals surface area contributed by atoms with E-state index in [4.69, 9.17) is 11.6 Å². The summed E-state index contributed by atoms with van der Waals surface area (Å²) < 4.78 is 39.9. The molecule has 0 aliphatic heterocycles. The molecule has 0 N–H and O–H groups in total. The van der Waals surface area contributed by atoms with Crippen LogP contribution in [0.2, 0.25) is 0 Å². The number of halogens is 4. The van der Waals surface area contributed by atoms with Crippen LogP contribution in [-0.2, 0) is 11.2 Å². The van der Waals surface area contributed by atoms with Gasteiger partial charge in [-0.15, -0.1) is 0 Å². The number of carbonyl (C=O) groups excluding carboxylic acids is 1. The van der Waals surface area contributed by atoms with E-state index in [1.807, 2.05) is 6.92 Å². The van der Waals surface area contributed by atoms with Crippen LogP contribution < -0.4 is 0 Å². The van der Waals surface area contributed by atoms with Gasteiger partial charge >= 0.3 is 6.18 Å². The van der Waals surface area contributed by atoms with Gasteiger partial charge in [0.15, 0.2) is 5.78 Å². The minimum Gasteiger partial charge on any atom is -0.294 e. The van der Waals surface area contributed by atoms with Crippen molar-refractivity contribution in [1.82, 2.24) is 0 Å². The standard InChI is InChI=1S/C26H29ClF3NO/c1-5-9-17-12-19(7-3)25(24(32)13-17)23-11-10-22(14-18(23)6-2)31-16-20(26(28,29)30)15-21(27)8-4/h7-8,10-11,14-17H,3,5-6,9,12-13H2,1-2,4H3/b20-15+,21-8-,31-16?. The predicted octanol–water partition coefficient (Wildman–Crippen LogP) is 8.30. The van der Waals surface area contributed by atoms with E-state index in [0.29, 0.717) is 30.0 Å². The smallest absolute Gasteiger partial charge is 0.294 e. The van der Waals surface area contributed by atoms with Crippen molar-refractivity contribution in [3.8, 4) is 0 Å². The lowest BCUT2D eigenvalue weighted by molar-refractivity contribution is -0.115. The monoisotopic (exact) mass is 463 g/mol. The Balaban J connectivity index is 2.45. The minimum atomic E-state index is -4.58. The number of allylic oxidation sites excluding steroid dienone is 7. The average Bonchev–Trinajstić information content (AvgIpc) is 2.75. The molecule has 0 saturated heterocycles. The molecule has 2 nitrogen and oxygen atoms in total. The van der Waals surface area contributed by atoms with Crippen molar-refractivity contribution in [3.63, 3.8) is 0 Å². The normalized spacial score (nSPS) is 18.6. The van der Waals surface area contributed by atoms with Gasteiger partial charge in [0, 0.05) is 23.2 Å². The fraction of sp³-hybridized carbons (Fsp3) is 0.385. The molecule has 0 aromatic heterocycles. The number of rotatable bonds is 8. The molecule has 1 aliphatic carbocycles. The van der Waals surface area contributed by atoms with E-state index in [1.165, 1.54) is 6.08 Å². The van der Waals surface area contributed by atoms with Crippen LogP contribution in [-0.4, -0.2) is 18.2 Å². The molecule has 1 aromatic carbocycles. The zero-order valence-electron chi connectivity index (χ0n) is 18.7. The van der Waals surface area contributed by atoms with Crippen LogP contribution in [0.4, 0.5) is 18.9 Å². The minimum absolute atomic E-state index is 0.0190. The molecule has 1 unspecified atom stereocenters. The molecule has 2 rings (SSSR count). The Morgan fingerprint density at radius 3 is 2.56 bits per heavy atom. The van der Waals surface area contributed by atoms with Gasteiger partial charge in [0.2, 0.25) is 0 Å². The van der Waals surface area contributed by atoms with Crippen molar-refractivity contribution in [2.24, 2.45) is 10.9 Å². The van der Waals surface area contributed by atoms with Gasteiger partial charge in [0.25, 0.3) is 0 Å². The van der Waals surface area contributed by atoms with Crippen LogP contribution >= 0.6 is 11.6 Å². The lowest BCUT2D eigenvalue weighted by Gasteiger charge is -2.26. The van der Waals surface area contributed by atoms with Crippen molar-refractivity contribution in [2.75, 3.05) is 0 Å². The second kappa shape index (κ2) is 11.5. The van der Waals surface area contributed by atoms with Crippen molar-refractivity contribution in [2.45, 2.75) is 59.1 Å². The molecule has 6 heteroatoms. The van der Waals surface area contributed by atoms with Crippen LogP contribution in [0.25, 0.3) is 5.57 Å². The van der Waals surface area contributed by atoms with Crippen molar-refractivity contribution < 1.29 is 18.0 Å². The van der Waals surface area contributed by atoms with Gasteiger partial charge in [-0.1, -0.05) is 56.7 Å². The second-order valence-corrected chi connectivity index (χ2v) is 8.25. The molecule has 0 spiro atoms. The quantitative estimate of drug-likeness (QED) is 0.281. The summed E-state index contributed by atoms with van der Waals surface area (Å²) in [6, 6.07) is 5.14. The SMILES string of the molecule is C=CC1=C(c2ccc(N=C/C(=C\C(Cl)=C\C)C(F)(F)F)cc2CC)C(=O)CC(CCC)C1. The summed E-state index contributed by atoms with van der Waals surface area (Å²) in [4.78, 5) is 17.0. The zero-order valence-corrected chi connectivity index (χ0v) is 19.5. The molecule has 1 aliphatic rings. The number of benzene rings is 1. The van der Waals surface area contributed by atoms with E-state index < -0.39 is 11.7 Å². The topological polar surface area (TPSA) is 29.4 Å². The number of hydrogen-bond acceptors (Lipinski definition) is 2.